The molecule has 0 saturated heterocycles. The standard InChI is InChI=1S/C18H15N3O/c1-2-7-14(8-3-1)21-17(18-10-6-12-22-18)13-16(20-21)15-9-4-5-11-19-15/h1-12,17H,13H2. The van der Waals surface area contributed by atoms with E-state index in [1.807, 2.05) is 53.5 Å². The van der Waals surface area contributed by atoms with Crippen LogP contribution in [0, 0.1) is 0 Å². The topological polar surface area (TPSA) is 41.6 Å². The van der Waals surface area contributed by atoms with Gasteiger partial charge in [-0.3, -0.25) is 9.99 Å². The SMILES string of the molecule is c1ccc(N2N=C(c3ccccn3)CC2c2ccco2)cc1. The van der Waals surface area contributed by atoms with Crippen molar-refractivity contribution in [3.63, 3.8) is 0 Å². The number of pyridine rings is 1. The highest BCUT2D eigenvalue weighted by Crippen LogP contribution is 2.36. The Bertz CT molecular complexity index is 767. The van der Waals surface area contributed by atoms with Crippen molar-refractivity contribution in [2.24, 2.45) is 5.10 Å². The predicted molar refractivity (Wildman–Crippen MR) is 85.8 cm³/mol. The van der Waals surface area contributed by atoms with E-state index in [4.69, 9.17) is 9.52 Å². The van der Waals surface area contributed by atoms with Crippen molar-refractivity contribution in [1.82, 2.24) is 4.98 Å². The highest BCUT2D eigenvalue weighted by atomic mass is 16.3. The fourth-order valence-electron chi connectivity index (χ4n) is 2.72. The van der Waals surface area contributed by atoms with E-state index in [2.05, 4.69) is 17.1 Å². The zero-order valence-corrected chi connectivity index (χ0v) is 12.0. The van der Waals surface area contributed by atoms with Gasteiger partial charge < -0.3 is 4.42 Å². The summed E-state index contributed by atoms with van der Waals surface area (Å²) in [6.07, 6.45) is 4.28. The molecule has 1 atom stereocenters. The molecular formula is C18H15N3O. The van der Waals surface area contributed by atoms with E-state index in [1.54, 1.807) is 12.5 Å². The lowest BCUT2D eigenvalue weighted by molar-refractivity contribution is 0.465. The van der Waals surface area contributed by atoms with Gasteiger partial charge >= 0.3 is 0 Å². The molecule has 3 aromatic rings. The molecule has 0 aliphatic carbocycles. The molecule has 3 heterocycles. The molecule has 108 valence electrons. The van der Waals surface area contributed by atoms with Crippen LogP contribution in [0.15, 0.2) is 82.6 Å². The van der Waals surface area contributed by atoms with Crippen molar-refractivity contribution >= 4 is 11.4 Å². The molecule has 0 saturated carbocycles. The molecule has 22 heavy (non-hydrogen) atoms. The molecule has 4 nitrogen and oxygen atoms in total. The maximum Gasteiger partial charge on any atom is 0.128 e. The predicted octanol–water partition coefficient (Wildman–Crippen LogP) is 4.03. The van der Waals surface area contributed by atoms with Crippen molar-refractivity contribution in [1.29, 1.82) is 0 Å². The van der Waals surface area contributed by atoms with E-state index < -0.39 is 0 Å². The number of aromatic nitrogens is 1. The van der Waals surface area contributed by atoms with E-state index in [1.165, 1.54) is 0 Å². The number of para-hydroxylation sites is 1. The van der Waals surface area contributed by atoms with E-state index in [0.717, 1.165) is 29.3 Å². The number of rotatable bonds is 3. The van der Waals surface area contributed by atoms with Gasteiger partial charge in [0.2, 0.25) is 0 Å². The molecule has 4 heteroatoms. The maximum absolute atomic E-state index is 5.62. The Labute approximate surface area is 128 Å². The number of benzene rings is 1. The van der Waals surface area contributed by atoms with E-state index in [-0.39, 0.29) is 6.04 Å². The van der Waals surface area contributed by atoms with Crippen molar-refractivity contribution in [2.45, 2.75) is 12.5 Å². The second-order valence-electron chi connectivity index (χ2n) is 5.18. The average Bonchev–Trinajstić information content (AvgIpc) is 3.26. The van der Waals surface area contributed by atoms with Gasteiger partial charge in [0.1, 0.15) is 11.8 Å². The molecular weight excluding hydrogens is 274 g/mol. The van der Waals surface area contributed by atoms with Gasteiger partial charge in [0.05, 0.1) is 23.4 Å². The highest BCUT2D eigenvalue weighted by molar-refractivity contribution is 6.01. The monoisotopic (exact) mass is 289 g/mol. The Morgan fingerprint density at radius 2 is 1.82 bits per heavy atom. The summed E-state index contributed by atoms with van der Waals surface area (Å²) in [5.74, 6) is 0.915. The Morgan fingerprint density at radius 3 is 2.55 bits per heavy atom. The van der Waals surface area contributed by atoms with Crippen LogP contribution in [0.4, 0.5) is 5.69 Å². The molecule has 1 unspecified atom stereocenters. The Balaban J connectivity index is 1.75. The summed E-state index contributed by atoms with van der Waals surface area (Å²) in [7, 11) is 0. The van der Waals surface area contributed by atoms with Crippen LogP contribution in [0.1, 0.15) is 23.9 Å². The zero-order chi connectivity index (χ0) is 14.8. The number of anilines is 1. The molecule has 0 amide bonds. The number of nitrogens with zero attached hydrogens (tertiary/aromatic N) is 3. The third-order valence-corrected chi connectivity index (χ3v) is 3.76. The lowest BCUT2D eigenvalue weighted by Gasteiger charge is -2.21. The fourth-order valence-corrected chi connectivity index (χ4v) is 2.72. The minimum atomic E-state index is 0.0643. The highest BCUT2D eigenvalue weighted by Gasteiger charge is 2.32. The molecule has 4 rings (SSSR count). The molecule has 0 bridgehead atoms. The average molecular weight is 289 g/mol. The van der Waals surface area contributed by atoms with E-state index >= 15 is 0 Å². The Morgan fingerprint density at radius 1 is 0.955 bits per heavy atom. The first-order valence-corrected chi connectivity index (χ1v) is 7.28. The van der Waals surface area contributed by atoms with Crippen LogP contribution in [0.3, 0.4) is 0 Å². The lowest BCUT2D eigenvalue weighted by atomic mass is 10.1. The minimum Gasteiger partial charge on any atom is -0.467 e. The molecule has 2 aromatic heterocycles. The molecule has 0 fully saturated rings. The van der Waals surface area contributed by atoms with Crippen LogP contribution in [-0.2, 0) is 0 Å². The van der Waals surface area contributed by atoms with Crippen molar-refractivity contribution < 1.29 is 4.42 Å². The molecule has 1 aliphatic rings. The first-order chi connectivity index (χ1) is 10.9. The van der Waals surface area contributed by atoms with Crippen molar-refractivity contribution in [3.8, 4) is 0 Å². The summed E-state index contributed by atoms with van der Waals surface area (Å²) in [5, 5.41) is 6.81. The van der Waals surface area contributed by atoms with Crippen LogP contribution in [-0.4, -0.2) is 10.7 Å². The minimum absolute atomic E-state index is 0.0643. The normalized spacial score (nSPS) is 17.5. The summed E-state index contributed by atoms with van der Waals surface area (Å²) < 4.78 is 5.62. The van der Waals surface area contributed by atoms with Gasteiger partial charge in [-0.2, -0.15) is 5.10 Å². The number of hydrogen-bond donors (Lipinski definition) is 0. The van der Waals surface area contributed by atoms with Gasteiger partial charge in [-0.05, 0) is 36.4 Å². The first kappa shape index (κ1) is 12.8. The van der Waals surface area contributed by atoms with Gasteiger partial charge in [0, 0.05) is 12.6 Å². The largest absolute Gasteiger partial charge is 0.467 e. The van der Waals surface area contributed by atoms with E-state index in [0.29, 0.717) is 0 Å². The van der Waals surface area contributed by atoms with Gasteiger partial charge in [0.25, 0.3) is 0 Å². The van der Waals surface area contributed by atoms with Crippen LogP contribution < -0.4 is 5.01 Å². The van der Waals surface area contributed by atoms with Crippen molar-refractivity contribution in [2.75, 3.05) is 5.01 Å². The summed E-state index contributed by atoms with van der Waals surface area (Å²) in [6, 6.07) is 20.0. The Hall–Kier alpha value is -2.88. The van der Waals surface area contributed by atoms with Crippen molar-refractivity contribution in [3.05, 3.63) is 84.6 Å². The summed E-state index contributed by atoms with van der Waals surface area (Å²) in [6.45, 7) is 0. The van der Waals surface area contributed by atoms with Gasteiger partial charge in [-0.1, -0.05) is 24.3 Å². The number of furan rings is 1. The quantitative estimate of drug-likeness (QED) is 0.731. The second-order valence-corrected chi connectivity index (χ2v) is 5.18. The summed E-state index contributed by atoms with van der Waals surface area (Å²) in [4.78, 5) is 4.42. The molecule has 0 radical (unpaired) electrons. The van der Waals surface area contributed by atoms with Crippen LogP contribution >= 0.6 is 0 Å². The molecule has 0 N–H and O–H groups in total. The van der Waals surface area contributed by atoms with E-state index in [9.17, 15) is 0 Å². The number of hydrogen-bond acceptors (Lipinski definition) is 4. The fraction of sp³-hybridized carbons (Fsp3) is 0.111. The first-order valence-electron chi connectivity index (χ1n) is 7.28. The molecule has 1 aliphatic heterocycles. The van der Waals surface area contributed by atoms with Crippen LogP contribution in [0.5, 0.6) is 0 Å². The molecule has 1 aromatic carbocycles. The van der Waals surface area contributed by atoms with Gasteiger partial charge in [-0.25, -0.2) is 0 Å². The summed E-state index contributed by atoms with van der Waals surface area (Å²) >= 11 is 0. The van der Waals surface area contributed by atoms with Crippen LogP contribution in [0.25, 0.3) is 0 Å². The third kappa shape index (κ3) is 2.29. The van der Waals surface area contributed by atoms with Crippen LogP contribution in [0.2, 0.25) is 0 Å². The zero-order valence-electron chi connectivity index (χ0n) is 12.0. The number of hydrazone groups is 1. The Kier molecular flexibility index (Phi) is 3.20. The second kappa shape index (κ2) is 5.48. The third-order valence-electron chi connectivity index (χ3n) is 3.76. The lowest BCUT2D eigenvalue weighted by Crippen LogP contribution is -2.17. The maximum atomic E-state index is 5.62. The van der Waals surface area contributed by atoms with Gasteiger partial charge in [-0.15, -0.1) is 0 Å². The smallest absolute Gasteiger partial charge is 0.128 e. The summed E-state index contributed by atoms with van der Waals surface area (Å²) in [5.41, 5.74) is 2.94. The molecule has 0 spiro atoms. The van der Waals surface area contributed by atoms with Gasteiger partial charge in [0.15, 0.2) is 0 Å².